The van der Waals surface area contributed by atoms with Crippen LogP contribution in [0.5, 0.6) is 0 Å². The van der Waals surface area contributed by atoms with Crippen LogP contribution < -0.4 is 10.6 Å². The third-order valence-electron chi connectivity index (χ3n) is 1.91. The van der Waals surface area contributed by atoms with E-state index >= 15 is 0 Å². The Morgan fingerprint density at radius 3 is 0.833 bits per heavy atom. The molecule has 0 aliphatic carbocycles. The van der Waals surface area contributed by atoms with Gasteiger partial charge in [0.2, 0.25) is 0 Å². The van der Waals surface area contributed by atoms with Gasteiger partial charge in [0.05, 0.1) is 0 Å². The monoisotopic (exact) mass is 398 g/mol. The third kappa shape index (κ3) is 9.47. The molecule has 2 fully saturated rings. The molecular formula is C8H20I2N2. The van der Waals surface area contributed by atoms with E-state index in [0.717, 1.165) is 0 Å². The molecule has 0 aromatic carbocycles. The quantitative estimate of drug-likeness (QED) is 0.611. The molecule has 0 unspecified atom stereocenters. The fourth-order valence-electron chi connectivity index (χ4n) is 1.25. The van der Waals surface area contributed by atoms with Crippen molar-refractivity contribution >= 4 is 48.0 Å². The van der Waals surface area contributed by atoms with Crippen molar-refractivity contribution in [1.29, 1.82) is 0 Å². The second-order valence-corrected chi connectivity index (χ2v) is 2.91. The zero-order chi connectivity index (χ0) is 7.07. The minimum absolute atomic E-state index is 0. The molecule has 2 heterocycles. The Morgan fingerprint density at radius 1 is 0.500 bits per heavy atom. The summed E-state index contributed by atoms with van der Waals surface area (Å²) < 4.78 is 0. The number of nitrogens with one attached hydrogen (secondary N) is 2. The first-order valence-electron chi connectivity index (χ1n) is 4.41. The maximum absolute atomic E-state index is 3.22. The molecule has 2 aliphatic heterocycles. The molecule has 2 aliphatic rings. The molecule has 2 saturated heterocycles. The minimum Gasteiger partial charge on any atom is -0.317 e. The van der Waals surface area contributed by atoms with E-state index < -0.39 is 0 Å². The molecule has 0 atom stereocenters. The van der Waals surface area contributed by atoms with E-state index in [0.29, 0.717) is 0 Å². The number of hydrogen-bond donors (Lipinski definition) is 2. The van der Waals surface area contributed by atoms with E-state index in [1.54, 1.807) is 0 Å². The zero-order valence-corrected chi connectivity index (χ0v) is 12.1. The summed E-state index contributed by atoms with van der Waals surface area (Å²) in [6, 6.07) is 0. The van der Waals surface area contributed by atoms with Crippen LogP contribution in [0.4, 0.5) is 0 Å². The Labute approximate surface area is 110 Å². The van der Waals surface area contributed by atoms with Crippen molar-refractivity contribution < 1.29 is 0 Å². The van der Waals surface area contributed by atoms with E-state index in [1.165, 1.54) is 51.9 Å². The normalized spacial score (nSPS) is 20.0. The van der Waals surface area contributed by atoms with Crippen LogP contribution in [0.25, 0.3) is 0 Å². The molecule has 0 amide bonds. The summed E-state index contributed by atoms with van der Waals surface area (Å²) in [5.41, 5.74) is 0. The predicted octanol–water partition coefficient (Wildman–Crippen LogP) is 1.98. The van der Waals surface area contributed by atoms with Gasteiger partial charge in [0.15, 0.2) is 0 Å². The van der Waals surface area contributed by atoms with E-state index in [2.05, 4.69) is 10.6 Å². The molecule has 0 spiro atoms. The van der Waals surface area contributed by atoms with Gasteiger partial charge in [0.1, 0.15) is 0 Å². The van der Waals surface area contributed by atoms with Crippen LogP contribution in [0.1, 0.15) is 25.7 Å². The van der Waals surface area contributed by atoms with Gasteiger partial charge < -0.3 is 10.6 Å². The van der Waals surface area contributed by atoms with Crippen LogP contribution in [0.3, 0.4) is 0 Å². The van der Waals surface area contributed by atoms with Crippen LogP contribution in [-0.4, -0.2) is 26.2 Å². The van der Waals surface area contributed by atoms with Gasteiger partial charge in [-0.1, -0.05) is 0 Å². The molecule has 0 saturated carbocycles. The summed E-state index contributed by atoms with van der Waals surface area (Å²) >= 11 is 0. The first-order chi connectivity index (χ1) is 5.00. The van der Waals surface area contributed by atoms with Gasteiger partial charge in [0, 0.05) is 0 Å². The molecule has 0 radical (unpaired) electrons. The van der Waals surface area contributed by atoms with Crippen molar-refractivity contribution in [1.82, 2.24) is 10.6 Å². The summed E-state index contributed by atoms with van der Waals surface area (Å²) in [6.45, 7) is 5.00. The molecule has 4 heteroatoms. The van der Waals surface area contributed by atoms with Crippen LogP contribution in [0, 0.1) is 0 Å². The molecule has 0 aromatic heterocycles. The predicted molar refractivity (Wildman–Crippen MR) is 75.0 cm³/mol. The highest BCUT2D eigenvalue weighted by Gasteiger charge is 1.93. The van der Waals surface area contributed by atoms with Gasteiger partial charge in [-0.3, -0.25) is 0 Å². The molecule has 2 N–H and O–H groups in total. The highest BCUT2D eigenvalue weighted by molar-refractivity contribution is 14.0. The molecular weight excluding hydrogens is 378 g/mol. The van der Waals surface area contributed by atoms with Crippen molar-refractivity contribution in [2.24, 2.45) is 0 Å². The Balaban J connectivity index is 0. The van der Waals surface area contributed by atoms with Crippen LogP contribution in [0.15, 0.2) is 0 Å². The molecule has 12 heavy (non-hydrogen) atoms. The summed E-state index contributed by atoms with van der Waals surface area (Å²) in [4.78, 5) is 0. The van der Waals surface area contributed by atoms with Crippen LogP contribution in [0.2, 0.25) is 0 Å². The summed E-state index contributed by atoms with van der Waals surface area (Å²) in [5.74, 6) is 0. The Morgan fingerprint density at radius 2 is 0.750 bits per heavy atom. The van der Waals surface area contributed by atoms with Gasteiger partial charge in [-0.25, -0.2) is 0 Å². The van der Waals surface area contributed by atoms with Gasteiger partial charge in [-0.05, 0) is 51.9 Å². The SMILES string of the molecule is C1CCNC1.C1CCNC1.I.I. The van der Waals surface area contributed by atoms with E-state index in [9.17, 15) is 0 Å². The third-order valence-corrected chi connectivity index (χ3v) is 1.91. The maximum Gasteiger partial charge on any atom is -0.00484 e. The highest BCUT2D eigenvalue weighted by Crippen LogP contribution is 1.90. The maximum atomic E-state index is 3.22. The number of rotatable bonds is 0. The average Bonchev–Trinajstić information content (AvgIpc) is 2.67. The van der Waals surface area contributed by atoms with Gasteiger partial charge >= 0.3 is 0 Å². The Bertz CT molecular complexity index is 48.2. The fraction of sp³-hybridized carbons (Fsp3) is 1.00. The first kappa shape index (κ1) is 15.8. The van der Waals surface area contributed by atoms with E-state index in [1.807, 2.05) is 0 Å². The lowest BCUT2D eigenvalue weighted by Crippen LogP contribution is -2.03. The molecule has 76 valence electrons. The van der Waals surface area contributed by atoms with Crippen molar-refractivity contribution in [3.63, 3.8) is 0 Å². The van der Waals surface area contributed by atoms with Crippen molar-refractivity contribution in [2.45, 2.75) is 25.7 Å². The van der Waals surface area contributed by atoms with E-state index in [4.69, 9.17) is 0 Å². The smallest absolute Gasteiger partial charge is 0.00484 e. The highest BCUT2D eigenvalue weighted by atomic mass is 127. The molecule has 2 rings (SSSR count). The van der Waals surface area contributed by atoms with Crippen LogP contribution >= 0.6 is 48.0 Å². The largest absolute Gasteiger partial charge is 0.317 e. The number of halogens is 2. The lowest BCUT2D eigenvalue weighted by Gasteiger charge is -1.76. The van der Waals surface area contributed by atoms with Crippen LogP contribution in [-0.2, 0) is 0 Å². The fourth-order valence-corrected chi connectivity index (χ4v) is 1.25. The molecule has 0 bridgehead atoms. The lowest BCUT2D eigenvalue weighted by atomic mass is 10.4. The molecule has 0 aromatic rings. The lowest BCUT2D eigenvalue weighted by molar-refractivity contribution is 0.857. The van der Waals surface area contributed by atoms with Crippen molar-refractivity contribution in [3.05, 3.63) is 0 Å². The summed E-state index contributed by atoms with van der Waals surface area (Å²) in [5, 5.41) is 6.44. The molecule has 2 nitrogen and oxygen atoms in total. The topological polar surface area (TPSA) is 24.1 Å². The first-order valence-corrected chi connectivity index (χ1v) is 4.41. The van der Waals surface area contributed by atoms with Gasteiger partial charge in [-0.2, -0.15) is 0 Å². The standard InChI is InChI=1S/2C4H9N.2HI/c2*1-2-4-5-3-1;;/h2*5H,1-4H2;2*1H. The van der Waals surface area contributed by atoms with Gasteiger partial charge in [0.25, 0.3) is 0 Å². The van der Waals surface area contributed by atoms with Crippen molar-refractivity contribution in [2.75, 3.05) is 26.2 Å². The summed E-state index contributed by atoms with van der Waals surface area (Å²) in [6.07, 6.45) is 5.56. The minimum atomic E-state index is 0. The summed E-state index contributed by atoms with van der Waals surface area (Å²) in [7, 11) is 0. The van der Waals surface area contributed by atoms with Gasteiger partial charge in [-0.15, -0.1) is 48.0 Å². The second-order valence-electron chi connectivity index (χ2n) is 2.91. The number of hydrogen-bond acceptors (Lipinski definition) is 2. The zero-order valence-electron chi connectivity index (χ0n) is 7.47. The second kappa shape index (κ2) is 12.4. The average molecular weight is 398 g/mol. The van der Waals surface area contributed by atoms with E-state index in [-0.39, 0.29) is 48.0 Å². The Kier molecular flexibility index (Phi) is 16.3. The van der Waals surface area contributed by atoms with Crippen molar-refractivity contribution in [3.8, 4) is 0 Å². The Hall–Kier alpha value is 1.38.